The number of aromatic nitrogens is 1. The number of ether oxygens (including phenoxy) is 3. The normalized spacial score (nSPS) is 11.6. The summed E-state index contributed by atoms with van der Waals surface area (Å²) in [6, 6.07) is 19.2. The lowest BCUT2D eigenvalue weighted by Gasteiger charge is -2.18. The molecule has 4 rings (SSSR count). The Balaban J connectivity index is 1.54. The van der Waals surface area contributed by atoms with Crippen LogP contribution >= 0.6 is 0 Å². The molecule has 0 fully saturated rings. The lowest BCUT2D eigenvalue weighted by Crippen LogP contribution is -2.32. The molecule has 0 aliphatic rings. The average Bonchev–Trinajstić information content (AvgIpc) is 3.31. The highest BCUT2D eigenvalue weighted by atomic mass is 16.5. The second-order valence-electron chi connectivity index (χ2n) is 7.39. The highest BCUT2D eigenvalue weighted by molar-refractivity contribution is 6.01. The Morgan fingerprint density at radius 3 is 2.50 bits per heavy atom. The van der Waals surface area contributed by atoms with E-state index in [1.165, 1.54) is 14.2 Å². The standard InChI is InChI=1S/C26H24N2O6/c1-4-21(24(29)27-20-14-13-16(31-2)15-23(20)32-3)34-26(30)18-10-6-5-9-17(18)25-28-19-11-7-8-12-22(19)33-25/h5-15,21H,4H2,1-3H3,(H,27,29). The summed E-state index contributed by atoms with van der Waals surface area (Å²) in [5.41, 5.74) is 2.47. The number of para-hydroxylation sites is 2. The Morgan fingerprint density at radius 1 is 1.00 bits per heavy atom. The molecule has 8 nitrogen and oxygen atoms in total. The Morgan fingerprint density at radius 2 is 1.76 bits per heavy atom. The number of hydrogen-bond acceptors (Lipinski definition) is 7. The van der Waals surface area contributed by atoms with Gasteiger partial charge in [-0.2, -0.15) is 0 Å². The summed E-state index contributed by atoms with van der Waals surface area (Å²) in [7, 11) is 3.03. The second-order valence-corrected chi connectivity index (χ2v) is 7.39. The quantitative estimate of drug-likeness (QED) is 0.366. The van der Waals surface area contributed by atoms with Crippen LogP contribution in [0.25, 0.3) is 22.6 Å². The predicted octanol–water partition coefficient (Wildman–Crippen LogP) is 5.09. The molecule has 1 atom stereocenters. The van der Waals surface area contributed by atoms with Crippen LogP contribution in [-0.2, 0) is 9.53 Å². The van der Waals surface area contributed by atoms with E-state index in [9.17, 15) is 9.59 Å². The number of benzene rings is 3. The number of hydrogen-bond donors (Lipinski definition) is 1. The van der Waals surface area contributed by atoms with Gasteiger partial charge in [-0.25, -0.2) is 9.78 Å². The molecule has 1 aromatic heterocycles. The lowest BCUT2D eigenvalue weighted by atomic mass is 10.1. The fourth-order valence-electron chi connectivity index (χ4n) is 3.46. The minimum atomic E-state index is -1.02. The highest BCUT2D eigenvalue weighted by Gasteiger charge is 2.25. The Bertz CT molecular complexity index is 1300. The summed E-state index contributed by atoms with van der Waals surface area (Å²) < 4.78 is 21.9. The largest absolute Gasteiger partial charge is 0.497 e. The van der Waals surface area contributed by atoms with Gasteiger partial charge in [-0.3, -0.25) is 4.79 Å². The molecular weight excluding hydrogens is 436 g/mol. The lowest BCUT2D eigenvalue weighted by molar-refractivity contribution is -0.124. The second kappa shape index (κ2) is 10.1. The van der Waals surface area contributed by atoms with Crippen LogP contribution in [0.1, 0.15) is 23.7 Å². The molecule has 0 radical (unpaired) electrons. The molecule has 0 spiro atoms. The van der Waals surface area contributed by atoms with Crippen LogP contribution in [0.4, 0.5) is 5.69 Å². The summed E-state index contributed by atoms with van der Waals surface area (Å²) in [6.07, 6.45) is -0.739. The number of nitrogens with zero attached hydrogens (tertiary/aromatic N) is 1. The number of amides is 1. The van der Waals surface area contributed by atoms with Gasteiger partial charge in [-0.05, 0) is 42.8 Å². The molecule has 1 amide bonds. The molecule has 1 heterocycles. The van der Waals surface area contributed by atoms with Gasteiger partial charge < -0.3 is 23.9 Å². The van der Waals surface area contributed by atoms with Gasteiger partial charge in [0.1, 0.15) is 17.0 Å². The Kier molecular flexibility index (Phi) is 6.77. The minimum Gasteiger partial charge on any atom is -0.497 e. The van der Waals surface area contributed by atoms with Crippen LogP contribution in [0, 0.1) is 0 Å². The first-order chi connectivity index (χ1) is 16.5. The molecule has 0 saturated carbocycles. The van der Waals surface area contributed by atoms with Gasteiger partial charge in [0.05, 0.1) is 31.0 Å². The zero-order valence-corrected chi connectivity index (χ0v) is 19.0. The molecule has 0 aliphatic heterocycles. The first-order valence-electron chi connectivity index (χ1n) is 10.7. The SMILES string of the molecule is CCC(OC(=O)c1ccccc1-c1nc2ccccc2o1)C(=O)Nc1ccc(OC)cc1OC. The first kappa shape index (κ1) is 22.8. The van der Waals surface area contributed by atoms with Crippen LogP contribution < -0.4 is 14.8 Å². The molecule has 0 aliphatic carbocycles. The van der Waals surface area contributed by atoms with Gasteiger partial charge in [0.2, 0.25) is 5.89 Å². The number of rotatable bonds is 8. The molecule has 0 bridgehead atoms. The van der Waals surface area contributed by atoms with E-state index in [0.29, 0.717) is 39.7 Å². The van der Waals surface area contributed by atoms with Crippen LogP contribution in [0.15, 0.2) is 71.1 Å². The molecule has 1 unspecified atom stereocenters. The summed E-state index contributed by atoms with van der Waals surface area (Å²) in [4.78, 5) is 30.4. The smallest absolute Gasteiger partial charge is 0.339 e. The number of anilines is 1. The van der Waals surface area contributed by atoms with E-state index in [2.05, 4.69) is 10.3 Å². The monoisotopic (exact) mass is 460 g/mol. The van der Waals surface area contributed by atoms with Crippen molar-refractivity contribution in [2.75, 3.05) is 19.5 Å². The molecule has 34 heavy (non-hydrogen) atoms. The zero-order valence-electron chi connectivity index (χ0n) is 19.0. The molecule has 174 valence electrons. The van der Waals surface area contributed by atoms with E-state index >= 15 is 0 Å². The summed E-state index contributed by atoms with van der Waals surface area (Å²) in [5, 5.41) is 2.76. The molecule has 4 aromatic rings. The van der Waals surface area contributed by atoms with Gasteiger partial charge in [-0.15, -0.1) is 0 Å². The topological polar surface area (TPSA) is 99.9 Å². The van der Waals surface area contributed by atoms with Crippen molar-refractivity contribution in [1.82, 2.24) is 4.98 Å². The summed E-state index contributed by atoms with van der Waals surface area (Å²) in [6.45, 7) is 1.76. The number of carbonyl (C=O) groups excluding carboxylic acids is 2. The molecular formula is C26H24N2O6. The number of fused-ring (bicyclic) bond motifs is 1. The summed E-state index contributed by atoms with van der Waals surface area (Å²) in [5.74, 6) is 0.189. The van der Waals surface area contributed by atoms with Crippen LogP contribution in [0.5, 0.6) is 11.5 Å². The number of esters is 1. The third kappa shape index (κ3) is 4.71. The van der Waals surface area contributed by atoms with Crippen molar-refractivity contribution in [3.63, 3.8) is 0 Å². The van der Waals surface area contributed by atoms with E-state index in [0.717, 1.165) is 0 Å². The van der Waals surface area contributed by atoms with E-state index in [-0.39, 0.29) is 12.0 Å². The van der Waals surface area contributed by atoms with Gasteiger partial charge in [0.15, 0.2) is 11.7 Å². The van der Waals surface area contributed by atoms with E-state index in [1.54, 1.807) is 55.5 Å². The average molecular weight is 460 g/mol. The van der Waals surface area contributed by atoms with E-state index in [4.69, 9.17) is 18.6 Å². The molecule has 3 aromatic carbocycles. The van der Waals surface area contributed by atoms with Gasteiger partial charge in [0, 0.05) is 6.07 Å². The predicted molar refractivity (Wildman–Crippen MR) is 127 cm³/mol. The van der Waals surface area contributed by atoms with E-state index in [1.807, 2.05) is 18.2 Å². The van der Waals surface area contributed by atoms with E-state index < -0.39 is 18.0 Å². The zero-order chi connectivity index (χ0) is 24.1. The maximum Gasteiger partial charge on any atom is 0.339 e. The fourth-order valence-corrected chi connectivity index (χ4v) is 3.46. The van der Waals surface area contributed by atoms with Gasteiger partial charge in [0.25, 0.3) is 5.91 Å². The van der Waals surface area contributed by atoms with Crippen LogP contribution in [0.3, 0.4) is 0 Å². The van der Waals surface area contributed by atoms with Crippen molar-refractivity contribution in [1.29, 1.82) is 0 Å². The number of carbonyl (C=O) groups is 2. The highest BCUT2D eigenvalue weighted by Crippen LogP contribution is 2.30. The maximum absolute atomic E-state index is 13.1. The Hall–Kier alpha value is -4.33. The number of methoxy groups -OCH3 is 2. The third-order valence-electron chi connectivity index (χ3n) is 5.25. The Labute approximate surface area is 196 Å². The van der Waals surface area contributed by atoms with Crippen LogP contribution in [-0.4, -0.2) is 37.2 Å². The fraction of sp³-hybridized carbons (Fsp3) is 0.192. The van der Waals surface area contributed by atoms with Crippen molar-refractivity contribution in [2.24, 2.45) is 0 Å². The van der Waals surface area contributed by atoms with Gasteiger partial charge >= 0.3 is 5.97 Å². The number of nitrogens with one attached hydrogen (secondary N) is 1. The summed E-state index contributed by atoms with van der Waals surface area (Å²) >= 11 is 0. The van der Waals surface area contributed by atoms with Crippen molar-refractivity contribution >= 4 is 28.7 Å². The molecule has 1 N–H and O–H groups in total. The van der Waals surface area contributed by atoms with Gasteiger partial charge in [-0.1, -0.05) is 31.2 Å². The minimum absolute atomic E-state index is 0.252. The van der Waals surface area contributed by atoms with Crippen molar-refractivity contribution in [2.45, 2.75) is 19.4 Å². The molecule has 0 saturated heterocycles. The van der Waals surface area contributed by atoms with Crippen molar-refractivity contribution in [3.05, 3.63) is 72.3 Å². The third-order valence-corrected chi connectivity index (χ3v) is 5.25. The maximum atomic E-state index is 13.1. The van der Waals surface area contributed by atoms with Crippen molar-refractivity contribution in [3.8, 4) is 23.0 Å². The first-order valence-corrected chi connectivity index (χ1v) is 10.7. The molecule has 8 heteroatoms. The number of oxazole rings is 1. The van der Waals surface area contributed by atoms with Crippen molar-refractivity contribution < 1.29 is 28.2 Å². The van der Waals surface area contributed by atoms with Crippen LogP contribution in [0.2, 0.25) is 0 Å².